The van der Waals surface area contributed by atoms with E-state index in [1.54, 1.807) is 0 Å². The number of carbonyl (C=O) groups is 1. The fourth-order valence-electron chi connectivity index (χ4n) is 1.59. The molecule has 5 nitrogen and oxygen atoms in total. The Morgan fingerprint density at radius 2 is 1.94 bits per heavy atom. The molecule has 0 bridgehead atoms. The molecule has 0 spiro atoms. The van der Waals surface area contributed by atoms with Crippen LogP contribution in [-0.2, 0) is 0 Å². The molecule has 6 heteroatoms. The summed E-state index contributed by atoms with van der Waals surface area (Å²) in [7, 11) is 0. The van der Waals surface area contributed by atoms with E-state index in [0.29, 0.717) is 12.0 Å². The average molecular weight is 271 g/mol. The Morgan fingerprint density at radius 3 is 2.39 bits per heavy atom. The van der Waals surface area contributed by atoms with Gasteiger partial charge in [0.25, 0.3) is 11.6 Å². The van der Waals surface area contributed by atoms with Crippen LogP contribution in [0.5, 0.6) is 0 Å². The standard InChI is InChI=1S/C12H15ClN2O3/c1-8(13)7-9(2)14-12(16)10-3-5-11(6-4-10)15(17)18/h3-6,8-9H,7H2,1-2H3,(H,14,16). The first-order valence-electron chi connectivity index (χ1n) is 5.59. The van der Waals surface area contributed by atoms with E-state index in [4.69, 9.17) is 11.6 Å². The van der Waals surface area contributed by atoms with Crippen molar-refractivity contribution in [1.29, 1.82) is 0 Å². The number of nitro benzene ring substituents is 1. The smallest absolute Gasteiger partial charge is 0.269 e. The van der Waals surface area contributed by atoms with Gasteiger partial charge in [0.1, 0.15) is 0 Å². The zero-order valence-corrected chi connectivity index (χ0v) is 11.0. The third-order valence-corrected chi connectivity index (χ3v) is 2.57. The molecule has 2 atom stereocenters. The first-order valence-corrected chi connectivity index (χ1v) is 6.03. The lowest BCUT2D eigenvalue weighted by atomic mass is 10.1. The Kier molecular flexibility index (Phi) is 5.09. The highest BCUT2D eigenvalue weighted by Gasteiger charge is 2.13. The van der Waals surface area contributed by atoms with Gasteiger partial charge in [-0.05, 0) is 32.4 Å². The van der Waals surface area contributed by atoms with Crippen LogP contribution in [-0.4, -0.2) is 22.2 Å². The third-order valence-electron chi connectivity index (χ3n) is 2.40. The molecule has 0 aliphatic heterocycles. The van der Waals surface area contributed by atoms with Crippen LogP contribution < -0.4 is 5.32 Å². The van der Waals surface area contributed by atoms with Gasteiger partial charge in [0, 0.05) is 29.1 Å². The van der Waals surface area contributed by atoms with Crippen LogP contribution in [0.3, 0.4) is 0 Å². The minimum atomic E-state index is -0.501. The topological polar surface area (TPSA) is 72.2 Å². The molecule has 1 rings (SSSR count). The number of nitro groups is 1. The van der Waals surface area contributed by atoms with Gasteiger partial charge in [-0.15, -0.1) is 11.6 Å². The van der Waals surface area contributed by atoms with E-state index in [1.807, 2.05) is 13.8 Å². The molecule has 0 heterocycles. The SMILES string of the molecule is CC(Cl)CC(C)NC(=O)c1ccc([N+](=O)[O-])cc1. The first kappa shape index (κ1) is 14.4. The fourth-order valence-corrected chi connectivity index (χ4v) is 1.86. The van der Waals surface area contributed by atoms with Crippen molar-refractivity contribution in [2.45, 2.75) is 31.7 Å². The predicted octanol–water partition coefficient (Wildman–Crippen LogP) is 2.73. The predicted molar refractivity (Wildman–Crippen MR) is 70.0 cm³/mol. The van der Waals surface area contributed by atoms with Crippen molar-refractivity contribution in [2.24, 2.45) is 0 Å². The first-order chi connectivity index (χ1) is 8.40. The molecule has 0 saturated carbocycles. The van der Waals surface area contributed by atoms with E-state index in [9.17, 15) is 14.9 Å². The van der Waals surface area contributed by atoms with Crippen LogP contribution in [0.15, 0.2) is 24.3 Å². The molecule has 1 N–H and O–H groups in total. The number of nitrogens with one attached hydrogen (secondary N) is 1. The number of carbonyl (C=O) groups excluding carboxylic acids is 1. The summed E-state index contributed by atoms with van der Waals surface area (Å²) in [5.74, 6) is -0.255. The Hall–Kier alpha value is -1.62. The van der Waals surface area contributed by atoms with E-state index in [-0.39, 0.29) is 23.0 Å². The summed E-state index contributed by atoms with van der Waals surface area (Å²) < 4.78 is 0. The normalized spacial score (nSPS) is 13.7. The number of alkyl halides is 1. The molecule has 0 fully saturated rings. The Labute approximate surface area is 110 Å². The highest BCUT2D eigenvalue weighted by atomic mass is 35.5. The van der Waals surface area contributed by atoms with Crippen molar-refractivity contribution >= 4 is 23.2 Å². The molecule has 0 aromatic heterocycles. The lowest BCUT2D eigenvalue weighted by molar-refractivity contribution is -0.384. The molecule has 1 aromatic carbocycles. The lowest BCUT2D eigenvalue weighted by Crippen LogP contribution is -2.33. The van der Waals surface area contributed by atoms with Crippen molar-refractivity contribution in [3.05, 3.63) is 39.9 Å². The lowest BCUT2D eigenvalue weighted by Gasteiger charge is -2.14. The molecular weight excluding hydrogens is 256 g/mol. The number of rotatable bonds is 5. The monoisotopic (exact) mass is 270 g/mol. The average Bonchev–Trinajstić information content (AvgIpc) is 2.27. The molecule has 1 aromatic rings. The molecule has 18 heavy (non-hydrogen) atoms. The quantitative estimate of drug-likeness (QED) is 0.508. The summed E-state index contributed by atoms with van der Waals surface area (Å²) in [5.41, 5.74) is 0.364. The van der Waals surface area contributed by atoms with Gasteiger partial charge in [-0.25, -0.2) is 0 Å². The molecule has 0 radical (unpaired) electrons. The van der Waals surface area contributed by atoms with Gasteiger partial charge in [0.2, 0.25) is 0 Å². The number of amides is 1. The Bertz CT molecular complexity index is 431. The number of non-ortho nitro benzene ring substituents is 1. The fraction of sp³-hybridized carbons (Fsp3) is 0.417. The van der Waals surface area contributed by atoms with E-state index >= 15 is 0 Å². The van der Waals surface area contributed by atoms with Crippen LogP contribution in [0.4, 0.5) is 5.69 Å². The number of hydrogen-bond donors (Lipinski definition) is 1. The minimum absolute atomic E-state index is 0.0165. The number of hydrogen-bond acceptors (Lipinski definition) is 3. The van der Waals surface area contributed by atoms with E-state index < -0.39 is 4.92 Å². The van der Waals surface area contributed by atoms with Gasteiger partial charge in [0.05, 0.1) is 4.92 Å². The molecule has 0 aliphatic rings. The zero-order valence-electron chi connectivity index (χ0n) is 10.2. The van der Waals surface area contributed by atoms with Gasteiger partial charge >= 0.3 is 0 Å². The summed E-state index contributed by atoms with van der Waals surface area (Å²) in [6, 6.07) is 5.45. The number of benzene rings is 1. The zero-order chi connectivity index (χ0) is 13.7. The molecule has 1 amide bonds. The maximum atomic E-state index is 11.8. The Morgan fingerprint density at radius 1 is 1.39 bits per heavy atom. The van der Waals surface area contributed by atoms with Crippen molar-refractivity contribution in [3.8, 4) is 0 Å². The number of nitrogens with zero attached hydrogens (tertiary/aromatic N) is 1. The maximum Gasteiger partial charge on any atom is 0.269 e. The number of halogens is 1. The van der Waals surface area contributed by atoms with Crippen LogP contribution >= 0.6 is 11.6 Å². The third kappa shape index (κ3) is 4.33. The van der Waals surface area contributed by atoms with Gasteiger partial charge in [-0.3, -0.25) is 14.9 Å². The molecule has 2 unspecified atom stereocenters. The van der Waals surface area contributed by atoms with Gasteiger partial charge in [-0.2, -0.15) is 0 Å². The second-order valence-corrected chi connectivity index (χ2v) is 4.94. The highest BCUT2D eigenvalue weighted by molar-refractivity contribution is 6.20. The molecule has 98 valence electrons. The van der Waals surface area contributed by atoms with E-state index in [1.165, 1.54) is 24.3 Å². The Balaban J connectivity index is 2.64. The molecule has 0 aliphatic carbocycles. The van der Waals surface area contributed by atoms with Crippen molar-refractivity contribution in [1.82, 2.24) is 5.32 Å². The summed E-state index contributed by atoms with van der Waals surface area (Å²) in [4.78, 5) is 21.8. The van der Waals surface area contributed by atoms with Crippen LogP contribution in [0.1, 0.15) is 30.6 Å². The summed E-state index contributed by atoms with van der Waals surface area (Å²) in [6.07, 6.45) is 0.667. The van der Waals surface area contributed by atoms with Gasteiger partial charge in [-0.1, -0.05) is 0 Å². The summed E-state index contributed by atoms with van der Waals surface area (Å²) in [5, 5.41) is 13.2. The molecule has 0 saturated heterocycles. The highest BCUT2D eigenvalue weighted by Crippen LogP contribution is 2.12. The molecular formula is C12H15ClN2O3. The minimum Gasteiger partial charge on any atom is -0.350 e. The van der Waals surface area contributed by atoms with Crippen molar-refractivity contribution in [3.63, 3.8) is 0 Å². The summed E-state index contributed by atoms with van der Waals surface area (Å²) in [6.45, 7) is 3.72. The second kappa shape index (κ2) is 6.35. The van der Waals surface area contributed by atoms with E-state index in [2.05, 4.69) is 5.32 Å². The van der Waals surface area contributed by atoms with Crippen molar-refractivity contribution < 1.29 is 9.72 Å². The maximum absolute atomic E-state index is 11.8. The van der Waals surface area contributed by atoms with Crippen molar-refractivity contribution in [2.75, 3.05) is 0 Å². The van der Waals surface area contributed by atoms with Gasteiger partial charge < -0.3 is 5.32 Å². The van der Waals surface area contributed by atoms with E-state index in [0.717, 1.165) is 0 Å². The largest absolute Gasteiger partial charge is 0.350 e. The summed E-state index contributed by atoms with van der Waals surface area (Å²) >= 11 is 5.83. The van der Waals surface area contributed by atoms with Crippen LogP contribution in [0, 0.1) is 10.1 Å². The second-order valence-electron chi connectivity index (χ2n) is 4.19. The van der Waals surface area contributed by atoms with Crippen LogP contribution in [0.2, 0.25) is 0 Å². The van der Waals surface area contributed by atoms with Crippen LogP contribution in [0.25, 0.3) is 0 Å². The van der Waals surface area contributed by atoms with Gasteiger partial charge in [0.15, 0.2) is 0 Å².